The Balaban J connectivity index is 0.916. The summed E-state index contributed by atoms with van der Waals surface area (Å²) < 4.78 is 14.2. The minimum absolute atomic E-state index is 0.330. The number of unbranched alkanes of at least 4 members (excludes halogenated alkanes) is 17. The molecular weight excluding hydrogens is 679 g/mol. The zero-order chi connectivity index (χ0) is 36.9. The molecule has 8 heteroatoms. The molecule has 0 aliphatic carbocycles. The number of thiophene rings is 1. The number of piperazine rings is 1. The molecule has 0 spiro atoms. The van der Waals surface area contributed by atoms with E-state index in [2.05, 4.69) is 46.4 Å². The van der Waals surface area contributed by atoms with Gasteiger partial charge in [0.1, 0.15) is 5.75 Å². The normalized spacial score (nSPS) is 13.6. The highest BCUT2D eigenvalue weighted by Crippen LogP contribution is 2.31. The minimum Gasteiger partial charge on any atom is -0.494 e. The van der Waals surface area contributed by atoms with Crippen LogP contribution in [-0.4, -0.2) is 61.5 Å². The van der Waals surface area contributed by atoms with Crippen molar-refractivity contribution in [3.05, 3.63) is 70.3 Å². The van der Waals surface area contributed by atoms with Gasteiger partial charge in [-0.1, -0.05) is 116 Å². The minimum atomic E-state index is -0.610. The first-order chi connectivity index (χ1) is 26.1. The predicted molar refractivity (Wildman–Crippen MR) is 224 cm³/mol. The van der Waals surface area contributed by atoms with Gasteiger partial charge in [0.2, 0.25) is 0 Å². The fourth-order valence-electron chi connectivity index (χ4n) is 7.64. The Hall–Kier alpha value is -3.36. The van der Waals surface area contributed by atoms with E-state index in [9.17, 15) is 9.59 Å². The molecule has 2 aromatic heterocycles. The second-order valence-corrected chi connectivity index (χ2v) is 15.9. The van der Waals surface area contributed by atoms with Crippen molar-refractivity contribution in [2.24, 2.45) is 0 Å². The van der Waals surface area contributed by atoms with Crippen LogP contribution in [0.3, 0.4) is 0 Å². The number of carbonyl (C=O) groups is 1. The van der Waals surface area contributed by atoms with Gasteiger partial charge in [0.25, 0.3) is 5.56 Å². The molecule has 7 nitrogen and oxygen atoms in total. The Morgan fingerprint density at radius 3 is 1.98 bits per heavy atom. The third-order valence-electron chi connectivity index (χ3n) is 10.8. The van der Waals surface area contributed by atoms with Crippen molar-refractivity contribution < 1.29 is 14.3 Å². The van der Waals surface area contributed by atoms with Gasteiger partial charge < -0.3 is 14.4 Å². The Kier molecular flexibility index (Phi) is 18.0. The number of rotatable bonds is 25. The van der Waals surface area contributed by atoms with Crippen LogP contribution in [0.1, 0.15) is 129 Å². The standard InChI is InChI=1S/C45H65N3O4S/c1-2-3-4-5-6-7-8-9-10-11-12-13-14-15-16-17-19-35-52-45(50)48-42-37-39(26-24-38(42)25-27-44(48)49)51-34-20-18-29-46-30-32-47(33-31-46)41-22-21-23-43-40(41)28-36-53-43/h21-28,36-37H,2-20,29-35H2,1H3. The van der Waals surface area contributed by atoms with Crippen LogP contribution < -0.4 is 15.2 Å². The van der Waals surface area contributed by atoms with Crippen LogP contribution in [0.25, 0.3) is 21.0 Å². The molecule has 0 amide bonds. The monoisotopic (exact) mass is 743 g/mol. The lowest BCUT2D eigenvalue weighted by atomic mass is 10.0. The lowest BCUT2D eigenvalue weighted by Gasteiger charge is -2.36. The quantitative estimate of drug-likeness (QED) is 0.0630. The third kappa shape index (κ3) is 13.5. The number of anilines is 1. The Morgan fingerprint density at radius 1 is 0.679 bits per heavy atom. The molecule has 5 rings (SSSR count). The largest absolute Gasteiger partial charge is 0.494 e. The zero-order valence-corrected chi connectivity index (χ0v) is 33.4. The van der Waals surface area contributed by atoms with Gasteiger partial charge in [-0.25, -0.2) is 9.36 Å². The summed E-state index contributed by atoms with van der Waals surface area (Å²) >= 11 is 1.81. The molecule has 0 N–H and O–H groups in total. The fraction of sp³-hybridized carbons (Fsp3) is 0.600. The molecule has 0 saturated carbocycles. The van der Waals surface area contributed by atoms with Crippen LogP contribution in [0, 0.1) is 0 Å². The Morgan fingerprint density at radius 2 is 1.30 bits per heavy atom. The lowest BCUT2D eigenvalue weighted by molar-refractivity contribution is 0.145. The smallest absolute Gasteiger partial charge is 0.421 e. The van der Waals surface area contributed by atoms with Crippen molar-refractivity contribution in [2.75, 3.05) is 50.8 Å². The summed E-state index contributed by atoms with van der Waals surface area (Å²) in [4.78, 5) is 30.9. The molecule has 0 unspecified atom stereocenters. The van der Waals surface area contributed by atoms with Gasteiger partial charge in [-0.2, -0.15) is 0 Å². The Bertz CT molecular complexity index is 1690. The van der Waals surface area contributed by atoms with Crippen LogP contribution in [0.2, 0.25) is 0 Å². The summed E-state index contributed by atoms with van der Waals surface area (Å²) in [5.74, 6) is 0.661. The second kappa shape index (κ2) is 23.4. The molecule has 2 aromatic carbocycles. The summed E-state index contributed by atoms with van der Waals surface area (Å²) in [6, 6.07) is 17.7. The van der Waals surface area contributed by atoms with E-state index in [0.717, 1.165) is 74.8 Å². The number of nitrogens with zero attached hydrogens (tertiary/aromatic N) is 3. The van der Waals surface area contributed by atoms with E-state index in [0.29, 0.717) is 24.5 Å². The van der Waals surface area contributed by atoms with Gasteiger partial charge >= 0.3 is 6.09 Å². The SMILES string of the molecule is CCCCCCCCCCCCCCCCCCCOC(=O)n1c(=O)ccc2ccc(OCCCCN3CCN(c4cccc5sccc45)CC3)cc21. The fourth-order valence-corrected chi connectivity index (χ4v) is 8.44. The molecular formula is C45H65N3O4S. The van der Waals surface area contributed by atoms with Gasteiger partial charge in [0.15, 0.2) is 0 Å². The first-order valence-corrected chi connectivity index (χ1v) is 21.9. The molecule has 1 aliphatic heterocycles. The Labute approximate surface area is 322 Å². The summed E-state index contributed by atoms with van der Waals surface area (Å²) in [7, 11) is 0. The number of carbonyl (C=O) groups excluding carboxylic acids is 1. The highest BCUT2D eigenvalue weighted by atomic mass is 32.1. The summed E-state index contributed by atoms with van der Waals surface area (Å²) in [6.07, 6.45) is 23.6. The molecule has 1 fully saturated rings. The van der Waals surface area contributed by atoms with Crippen LogP contribution in [-0.2, 0) is 4.74 Å². The number of fused-ring (bicyclic) bond motifs is 2. The maximum absolute atomic E-state index is 13.1. The highest BCUT2D eigenvalue weighted by Gasteiger charge is 2.19. The van der Waals surface area contributed by atoms with E-state index in [1.54, 1.807) is 12.1 Å². The number of benzene rings is 2. The molecule has 1 aliphatic rings. The molecule has 290 valence electrons. The number of pyridine rings is 1. The van der Waals surface area contributed by atoms with Crippen molar-refractivity contribution in [3.8, 4) is 5.75 Å². The lowest BCUT2D eigenvalue weighted by Crippen LogP contribution is -2.46. The maximum Gasteiger partial charge on any atom is 0.421 e. The molecule has 53 heavy (non-hydrogen) atoms. The summed E-state index contributed by atoms with van der Waals surface area (Å²) in [5.41, 5.74) is 1.50. The first kappa shape index (κ1) is 40.8. The molecule has 4 aromatic rings. The third-order valence-corrected chi connectivity index (χ3v) is 11.7. The van der Waals surface area contributed by atoms with Crippen LogP contribution >= 0.6 is 11.3 Å². The van der Waals surface area contributed by atoms with Crippen LogP contribution in [0.4, 0.5) is 10.5 Å². The predicted octanol–water partition coefficient (Wildman–Crippen LogP) is 11.8. The van der Waals surface area contributed by atoms with Gasteiger partial charge in [-0.05, 0) is 73.0 Å². The molecule has 0 atom stereocenters. The van der Waals surface area contributed by atoms with Crippen molar-refractivity contribution in [1.29, 1.82) is 0 Å². The topological polar surface area (TPSA) is 64.0 Å². The van der Waals surface area contributed by atoms with Crippen LogP contribution in [0.5, 0.6) is 5.75 Å². The molecule has 3 heterocycles. The average molecular weight is 744 g/mol. The van der Waals surface area contributed by atoms with Crippen LogP contribution in [0.15, 0.2) is 64.8 Å². The second-order valence-electron chi connectivity index (χ2n) is 15.0. The number of hydrogen-bond acceptors (Lipinski definition) is 7. The van der Waals surface area contributed by atoms with Gasteiger partial charge in [-0.3, -0.25) is 9.69 Å². The maximum atomic E-state index is 13.1. The first-order valence-electron chi connectivity index (χ1n) is 21.0. The van der Waals surface area contributed by atoms with E-state index in [4.69, 9.17) is 9.47 Å². The molecule has 0 radical (unpaired) electrons. The van der Waals surface area contributed by atoms with Gasteiger partial charge in [-0.15, -0.1) is 11.3 Å². The van der Waals surface area contributed by atoms with Crippen molar-refractivity contribution in [2.45, 2.75) is 129 Å². The van der Waals surface area contributed by atoms with Crippen molar-refractivity contribution in [3.63, 3.8) is 0 Å². The average Bonchev–Trinajstić information content (AvgIpc) is 3.67. The highest BCUT2D eigenvalue weighted by molar-refractivity contribution is 7.17. The number of aromatic nitrogens is 1. The molecule has 0 bridgehead atoms. The van der Waals surface area contributed by atoms with E-state index in [1.807, 2.05) is 23.5 Å². The van der Waals surface area contributed by atoms with E-state index >= 15 is 0 Å². The summed E-state index contributed by atoms with van der Waals surface area (Å²) in [6.45, 7) is 8.49. The van der Waals surface area contributed by atoms with E-state index in [-0.39, 0.29) is 5.56 Å². The summed E-state index contributed by atoms with van der Waals surface area (Å²) in [5, 5.41) is 4.35. The number of ether oxygens (including phenoxy) is 2. The van der Waals surface area contributed by atoms with Gasteiger partial charge in [0.05, 0.1) is 18.7 Å². The van der Waals surface area contributed by atoms with E-state index in [1.165, 1.54) is 112 Å². The number of hydrogen-bond donors (Lipinski definition) is 0. The van der Waals surface area contributed by atoms with Gasteiger partial charge in [0, 0.05) is 54.1 Å². The van der Waals surface area contributed by atoms with Crippen molar-refractivity contribution >= 4 is 44.1 Å². The zero-order valence-electron chi connectivity index (χ0n) is 32.5. The van der Waals surface area contributed by atoms with E-state index < -0.39 is 6.09 Å². The molecule has 1 saturated heterocycles. The van der Waals surface area contributed by atoms with Crippen molar-refractivity contribution in [1.82, 2.24) is 9.47 Å².